The van der Waals surface area contributed by atoms with E-state index in [4.69, 9.17) is 9.47 Å². The predicted octanol–water partition coefficient (Wildman–Crippen LogP) is 1.32. The molecule has 0 fully saturated rings. The van der Waals surface area contributed by atoms with E-state index in [1.807, 2.05) is 20.8 Å². The van der Waals surface area contributed by atoms with Gasteiger partial charge in [-0.1, -0.05) is 13.8 Å². The lowest BCUT2D eigenvalue weighted by atomic mass is 10.0. The molecule has 1 heterocycles. The molecule has 6 heteroatoms. The number of rotatable bonds is 6. The second-order valence-electron chi connectivity index (χ2n) is 5.53. The van der Waals surface area contributed by atoms with Crippen molar-refractivity contribution in [2.45, 2.75) is 33.5 Å². The van der Waals surface area contributed by atoms with Crippen molar-refractivity contribution in [3.8, 4) is 11.5 Å². The molecule has 0 spiro atoms. The molecular formula is C16H23NO5. The first-order valence-corrected chi connectivity index (χ1v) is 7.52. The second-order valence-corrected chi connectivity index (χ2v) is 5.53. The van der Waals surface area contributed by atoms with Crippen LogP contribution in [0.5, 0.6) is 11.5 Å². The summed E-state index contributed by atoms with van der Waals surface area (Å²) >= 11 is 0. The number of amides is 1. The molecular weight excluding hydrogens is 286 g/mol. The van der Waals surface area contributed by atoms with E-state index in [9.17, 15) is 15.0 Å². The number of hydrogen-bond donors (Lipinski definition) is 2. The van der Waals surface area contributed by atoms with E-state index in [1.54, 1.807) is 12.1 Å². The SMILES string of the molecule is CCOc1cc(CO)cc2c1OC(C(C)C)C(=O)N2CCO. The van der Waals surface area contributed by atoms with Crippen LogP contribution < -0.4 is 14.4 Å². The molecule has 0 aromatic heterocycles. The summed E-state index contributed by atoms with van der Waals surface area (Å²) in [5.41, 5.74) is 1.16. The lowest BCUT2D eigenvalue weighted by Gasteiger charge is -2.36. The summed E-state index contributed by atoms with van der Waals surface area (Å²) in [5.74, 6) is 0.805. The molecule has 1 aromatic carbocycles. The molecule has 1 aliphatic heterocycles. The average Bonchev–Trinajstić information content (AvgIpc) is 2.49. The second kappa shape index (κ2) is 6.98. The zero-order valence-corrected chi connectivity index (χ0v) is 13.2. The molecule has 0 radical (unpaired) electrons. The van der Waals surface area contributed by atoms with Crippen LogP contribution in [-0.4, -0.2) is 42.0 Å². The van der Waals surface area contributed by atoms with E-state index in [0.717, 1.165) is 0 Å². The first-order valence-electron chi connectivity index (χ1n) is 7.52. The summed E-state index contributed by atoms with van der Waals surface area (Å²) in [6, 6.07) is 3.41. The van der Waals surface area contributed by atoms with Crippen LogP contribution in [0.15, 0.2) is 12.1 Å². The lowest BCUT2D eigenvalue weighted by Crippen LogP contribution is -2.49. The highest BCUT2D eigenvalue weighted by atomic mass is 16.5. The van der Waals surface area contributed by atoms with Gasteiger partial charge in [-0.3, -0.25) is 4.79 Å². The van der Waals surface area contributed by atoms with Crippen LogP contribution in [0.3, 0.4) is 0 Å². The Labute approximate surface area is 130 Å². The Morgan fingerprint density at radius 2 is 2.09 bits per heavy atom. The first-order chi connectivity index (χ1) is 10.5. The zero-order valence-electron chi connectivity index (χ0n) is 13.2. The average molecular weight is 309 g/mol. The Balaban J connectivity index is 2.56. The monoisotopic (exact) mass is 309 g/mol. The van der Waals surface area contributed by atoms with Gasteiger partial charge in [-0.2, -0.15) is 0 Å². The molecule has 0 bridgehead atoms. The zero-order chi connectivity index (χ0) is 16.3. The third kappa shape index (κ3) is 3.03. The largest absolute Gasteiger partial charge is 0.490 e. The van der Waals surface area contributed by atoms with Crippen molar-refractivity contribution in [3.63, 3.8) is 0 Å². The van der Waals surface area contributed by atoms with E-state index in [1.165, 1.54) is 4.90 Å². The number of carbonyl (C=O) groups is 1. The molecule has 1 unspecified atom stereocenters. The van der Waals surface area contributed by atoms with Gasteiger partial charge in [-0.05, 0) is 30.5 Å². The summed E-state index contributed by atoms with van der Waals surface area (Å²) < 4.78 is 11.5. The third-order valence-electron chi connectivity index (χ3n) is 3.55. The van der Waals surface area contributed by atoms with E-state index < -0.39 is 6.10 Å². The smallest absolute Gasteiger partial charge is 0.268 e. The van der Waals surface area contributed by atoms with Gasteiger partial charge in [0, 0.05) is 6.54 Å². The molecule has 2 rings (SSSR count). The van der Waals surface area contributed by atoms with Gasteiger partial charge in [0.15, 0.2) is 17.6 Å². The van der Waals surface area contributed by atoms with Crippen molar-refractivity contribution in [2.75, 3.05) is 24.7 Å². The van der Waals surface area contributed by atoms with Crippen LogP contribution in [0, 0.1) is 5.92 Å². The van der Waals surface area contributed by atoms with Gasteiger partial charge < -0.3 is 24.6 Å². The summed E-state index contributed by atoms with van der Waals surface area (Å²) in [4.78, 5) is 14.1. The van der Waals surface area contributed by atoms with Gasteiger partial charge in [0.05, 0.1) is 25.5 Å². The van der Waals surface area contributed by atoms with Crippen molar-refractivity contribution in [1.29, 1.82) is 0 Å². The van der Waals surface area contributed by atoms with E-state index in [0.29, 0.717) is 29.4 Å². The standard InChI is InChI=1S/C16H23NO5/c1-4-21-13-8-11(9-19)7-12-15(13)22-14(10(2)3)16(20)17(12)5-6-18/h7-8,10,14,18-19H,4-6,9H2,1-3H3. The summed E-state index contributed by atoms with van der Waals surface area (Å²) in [5, 5.41) is 18.7. The number of anilines is 1. The molecule has 1 aromatic rings. The highest BCUT2D eigenvalue weighted by Crippen LogP contribution is 2.43. The van der Waals surface area contributed by atoms with Crippen molar-refractivity contribution in [2.24, 2.45) is 5.92 Å². The molecule has 0 saturated carbocycles. The van der Waals surface area contributed by atoms with Crippen LogP contribution in [-0.2, 0) is 11.4 Å². The topological polar surface area (TPSA) is 79.2 Å². The number of aliphatic hydroxyl groups is 2. The molecule has 1 aliphatic rings. The molecule has 1 atom stereocenters. The van der Waals surface area contributed by atoms with Crippen molar-refractivity contribution >= 4 is 11.6 Å². The molecule has 0 aliphatic carbocycles. The van der Waals surface area contributed by atoms with E-state index in [-0.39, 0.29) is 31.6 Å². The maximum absolute atomic E-state index is 12.6. The van der Waals surface area contributed by atoms with Crippen molar-refractivity contribution < 1.29 is 24.5 Å². The number of aliphatic hydroxyl groups excluding tert-OH is 2. The fourth-order valence-corrected chi connectivity index (χ4v) is 2.52. The van der Waals surface area contributed by atoms with Gasteiger partial charge in [-0.15, -0.1) is 0 Å². The third-order valence-corrected chi connectivity index (χ3v) is 3.55. The van der Waals surface area contributed by atoms with Gasteiger partial charge in [0.1, 0.15) is 0 Å². The van der Waals surface area contributed by atoms with Gasteiger partial charge in [0.25, 0.3) is 5.91 Å². The predicted molar refractivity (Wildman–Crippen MR) is 82.2 cm³/mol. The molecule has 1 amide bonds. The molecule has 0 saturated heterocycles. The lowest BCUT2D eigenvalue weighted by molar-refractivity contribution is -0.128. The number of fused-ring (bicyclic) bond motifs is 1. The minimum Gasteiger partial charge on any atom is -0.490 e. The molecule has 122 valence electrons. The maximum Gasteiger partial charge on any atom is 0.268 e. The molecule has 2 N–H and O–H groups in total. The summed E-state index contributed by atoms with van der Waals surface area (Å²) in [7, 11) is 0. The van der Waals surface area contributed by atoms with Crippen LogP contribution >= 0.6 is 0 Å². The Hall–Kier alpha value is -1.79. The quantitative estimate of drug-likeness (QED) is 0.828. The van der Waals surface area contributed by atoms with Crippen LogP contribution in [0.2, 0.25) is 0 Å². The van der Waals surface area contributed by atoms with Gasteiger partial charge in [0.2, 0.25) is 0 Å². The number of benzene rings is 1. The first kappa shape index (κ1) is 16.6. The Kier molecular flexibility index (Phi) is 5.26. The number of hydrogen-bond acceptors (Lipinski definition) is 5. The minimum absolute atomic E-state index is 0.00571. The molecule has 6 nitrogen and oxygen atoms in total. The minimum atomic E-state index is -0.613. The van der Waals surface area contributed by atoms with Crippen LogP contribution in [0.25, 0.3) is 0 Å². The van der Waals surface area contributed by atoms with Crippen LogP contribution in [0.4, 0.5) is 5.69 Å². The summed E-state index contributed by atoms with van der Waals surface area (Å²) in [6.07, 6.45) is -0.613. The highest BCUT2D eigenvalue weighted by Gasteiger charge is 2.38. The summed E-state index contributed by atoms with van der Waals surface area (Å²) in [6.45, 7) is 5.99. The fourth-order valence-electron chi connectivity index (χ4n) is 2.52. The Morgan fingerprint density at radius 3 is 2.64 bits per heavy atom. The van der Waals surface area contributed by atoms with Crippen LogP contribution in [0.1, 0.15) is 26.3 Å². The van der Waals surface area contributed by atoms with E-state index in [2.05, 4.69) is 0 Å². The Morgan fingerprint density at radius 1 is 1.36 bits per heavy atom. The number of carbonyl (C=O) groups excluding carboxylic acids is 1. The molecule has 22 heavy (non-hydrogen) atoms. The maximum atomic E-state index is 12.6. The van der Waals surface area contributed by atoms with Gasteiger partial charge in [-0.25, -0.2) is 0 Å². The van der Waals surface area contributed by atoms with E-state index >= 15 is 0 Å². The Bertz CT molecular complexity index is 544. The fraction of sp³-hybridized carbons (Fsp3) is 0.562. The normalized spacial score (nSPS) is 17.5. The number of β-amino-alcohol motifs (C(OH)–C–C–N with tert-alkyl or cyclic N) is 1. The van der Waals surface area contributed by atoms with Crippen molar-refractivity contribution in [1.82, 2.24) is 0 Å². The highest BCUT2D eigenvalue weighted by molar-refractivity contribution is 6.01. The number of ether oxygens (including phenoxy) is 2. The van der Waals surface area contributed by atoms with Gasteiger partial charge >= 0.3 is 0 Å². The van der Waals surface area contributed by atoms with Crippen molar-refractivity contribution in [3.05, 3.63) is 17.7 Å². The number of nitrogens with zero attached hydrogens (tertiary/aromatic N) is 1.